The largest absolute Gasteiger partial charge is 0.435 e. The van der Waals surface area contributed by atoms with Crippen molar-refractivity contribution >= 4 is 5.69 Å². The van der Waals surface area contributed by atoms with Gasteiger partial charge >= 0.3 is 6.61 Å². The molecule has 0 aliphatic heterocycles. The SMILES string of the molecule is Cc1ccc(NC(C)c2ccc(OC(F)F)cc2)cn1. The topological polar surface area (TPSA) is 34.1 Å². The number of benzene rings is 1. The molecule has 3 nitrogen and oxygen atoms in total. The van der Waals surface area contributed by atoms with E-state index in [2.05, 4.69) is 15.0 Å². The molecule has 0 saturated heterocycles. The van der Waals surface area contributed by atoms with E-state index in [1.165, 1.54) is 12.1 Å². The second-order valence-corrected chi connectivity index (χ2v) is 4.50. The van der Waals surface area contributed by atoms with Crippen LogP contribution >= 0.6 is 0 Å². The van der Waals surface area contributed by atoms with Crippen molar-refractivity contribution in [1.29, 1.82) is 0 Å². The maximum Gasteiger partial charge on any atom is 0.387 e. The van der Waals surface area contributed by atoms with E-state index in [0.29, 0.717) is 0 Å². The summed E-state index contributed by atoms with van der Waals surface area (Å²) in [6, 6.07) is 10.5. The number of ether oxygens (including phenoxy) is 1. The quantitative estimate of drug-likeness (QED) is 0.891. The first-order valence-electron chi connectivity index (χ1n) is 6.28. The van der Waals surface area contributed by atoms with Crippen molar-refractivity contribution in [2.75, 3.05) is 5.32 Å². The van der Waals surface area contributed by atoms with Crippen LogP contribution in [0.5, 0.6) is 5.75 Å². The number of halogens is 2. The highest BCUT2D eigenvalue weighted by atomic mass is 19.3. The normalized spacial score (nSPS) is 12.2. The lowest BCUT2D eigenvalue weighted by Gasteiger charge is -2.16. The van der Waals surface area contributed by atoms with E-state index in [1.807, 2.05) is 26.0 Å². The van der Waals surface area contributed by atoms with Gasteiger partial charge in [-0.2, -0.15) is 8.78 Å². The van der Waals surface area contributed by atoms with Crippen LogP contribution in [0.25, 0.3) is 0 Å². The first-order chi connectivity index (χ1) is 9.54. The minimum Gasteiger partial charge on any atom is -0.435 e. The molecule has 20 heavy (non-hydrogen) atoms. The molecule has 1 aromatic carbocycles. The zero-order valence-electron chi connectivity index (χ0n) is 11.3. The Balaban J connectivity index is 2.01. The Hall–Kier alpha value is -2.17. The Labute approximate surface area is 116 Å². The maximum absolute atomic E-state index is 12.1. The first-order valence-corrected chi connectivity index (χ1v) is 6.28. The zero-order valence-corrected chi connectivity index (χ0v) is 11.3. The maximum atomic E-state index is 12.1. The molecule has 1 unspecified atom stereocenters. The predicted molar refractivity (Wildman–Crippen MR) is 74.1 cm³/mol. The molecular weight excluding hydrogens is 262 g/mol. The lowest BCUT2D eigenvalue weighted by molar-refractivity contribution is -0.0498. The molecule has 0 saturated carbocycles. The van der Waals surface area contributed by atoms with E-state index in [-0.39, 0.29) is 11.8 Å². The molecule has 1 aromatic heterocycles. The third-order valence-electron chi connectivity index (χ3n) is 2.90. The van der Waals surface area contributed by atoms with Crippen LogP contribution in [-0.2, 0) is 0 Å². The van der Waals surface area contributed by atoms with Crippen molar-refractivity contribution in [3.63, 3.8) is 0 Å². The van der Waals surface area contributed by atoms with Crippen LogP contribution in [0, 0.1) is 6.92 Å². The smallest absolute Gasteiger partial charge is 0.387 e. The molecule has 2 aromatic rings. The zero-order chi connectivity index (χ0) is 14.5. The van der Waals surface area contributed by atoms with Crippen LogP contribution < -0.4 is 10.1 Å². The number of aromatic nitrogens is 1. The third kappa shape index (κ3) is 3.91. The monoisotopic (exact) mass is 278 g/mol. The average Bonchev–Trinajstić information content (AvgIpc) is 2.41. The molecule has 0 aliphatic rings. The molecular formula is C15H16F2N2O. The summed E-state index contributed by atoms with van der Waals surface area (Å²) in [4.78, 5) is 4.21. The molecule has 5 heteroatoms. The van der Waals surface area contributed by atoms with Crippen molar-refractivity contribution in [2.24, 2.45) is 0 Å². The number of anilines is 1. The van der Waals surface area contributed by atoms with Gasteiger partial charge in [0.2, 0.25) is 0 Å². The van der Waals surface area contributed by atoms with Crippen LogP contribution in [0.4, 0.5) is 14.5 Å². The van der Waals surface area contributed by atoms with E-state index >= 15 is 0 Å². The summed E-state index contributed by atoms with van der Waals surface area (Å²) in [5.41, 5.74) is 2.85. The summed E-state index contributed by atoms with van der Waals surface area (Å²) >= 11 is 0. The summed E-state index contributed by atoms with van der Waals surface area (Å²) in [5.74, 6) is 0.160. The van der Waals surface area contributed by atoms with Crippen LogP contribution in [0.1, 0.15) is 24.2 Å². The van der Waals surface area contributed by atoms with Gasteiger partial charge in [-0.25, -0.2) is 0 Å². The van der Waals surface area contributed by atoms with Gasteiger partial charge in [0.15, 0.2) is 0 Å². The van der Waals surface area contributed by atoms with E-state index in [0.717, 1.165) is 16.9 Å². The number of aryl methyl sites for hydroxylation is 1. The summed E-state index contributed by atoms with van der Waals surface area (Å²) in [7, 11) is 0. The number of alkyl halides is 2. The number of rotatable bonds is 5. The van der Waals surface area contributed by atoms with Crippen LogP contribution in [0.3, 0.4) is 0 Å². The number of nitrogens with one attached hydrogen (secondary N) is 1. The summed E-state index contributed by atoms with van der Waals surface area (Å²) in [5, 5.41) is 3.29. The number of nitrogens with zero attached hydrogens (tertiary/aromatic N) is 1. The van der Waals surface area contributed by atoms with Gasteiger partial charge in [0.25, 0.3) is 0 Å². The molecule has 106 valence electrons. The fourth-order valence-electron chi connectivity index (χ4n) is 1.82. The highest BCUT2D eigenvalue weighted by Gasteiger charge is 2.08. The Morgan fingerprint density at radius 3 is 2.35 bits per heavy atom. The molecule has 1 N–H and O–H groups in total. The Morgan fingerprint density at radius 2 is 1.80 bits per heavy atom. The fourth-order valence-corrected chi connectivity index (χ4v) is 1.82. The fraction of sp³-hybridized carbons (Fsp3) is 0.267. The van der Waals surface area contributed by atoms with Crippen LogP contribution in [-0.4, -0.2) is 11.6 Å². The molecule has 0 amide bonds. The summed E-state index contributed by atoms with van der Waals surface area (Å²) in [6.07, 6.45) is 1.76. The molecule has 0 radical (unpaired) electrons. The first kappa shape index (κ1) is 14.2. The molecule has 1 heterocycles. The van der Waals surface area contributed by atoms with Gasteiger partial charge in [-0.05, 0) is 43.7 Å². The number of pyridine rings is 1. The van der Waals surface area contributed by atoms with Gasteiger partial charge in [0.05, 0.1) is 11.9 Å². The molecule has 0 bridgehead atoms. The third-order valence-corrected chi connectivity index (χ3v) is 2.90. The van der Waals surface area contributed by atoms with Crippen molar-refractivity contribution in [2.45, 2.75) is 26.5 Å². The molecule has 0 fully saturated rings. The Kier molecular flexibility index (Phi) is 4.50. The highest BCUT2D eigenvalue weighted by molar-refractivity contribution is 5.44. The molecule has 0 spiro atoms. The van der Waals surface area contributed by atoms with E-state index in [4.69, 9.17) is 0 Å². The van der Waals surface area contributed by atoms with Gasteiger partial charge < -0.3 is 10.1 Å². The summed E-state index contributed by atoms with van der Waals surface area (Å²) in [6.45, 7) is 1.12. The lowest BCUT2D eigenvalue weighted by atomic mass is 10.1. The molecule has 2 rings (SSSR count). The average molecular weight is 278 g/mol. The van der Waals surface area contributed by atoms with Crippen molar-refractivity contribution in [1.82, 2.24) is 4.98 Å². The van der Waals surface area contributed by atoms with E-state index in [9.17, 15) is 8.78 Å². The summed E-state index contributed by atoms with van der Waals surface area (Å²) < 4.78 is 28.4. The van der Waals surface area contributed by atoms with Gasteiger partial charge in [-0.1, -0.05) is 12.1 Å². The standard InChI is InChI=1S/C15H16F2N2O/c1-10-3-6-13(9-18-10)19-11(2)12-4-7-14(8-5-12)20-15(16)17/h3-9,11,15,19H,1-2H3. The number of hydrogen-bond donors (Lipinski definition) is 1. The van der Waals surface area contributed by atoms with Gasteiger partial charge in [-0.3, -0.25) is 4.98 Å². The Morgan fingerprint density at radius 1 is 1.10 bits per heavy atom. The van der Waals surface area contributed by atoms with Crippen LogP contribution in [0.2, 0.25) is 0 Å². The van der Waals surface area contributed by atoms with Gasteiger partial charge in [0, 0.05) is 11.7 Å². The van der Waals surface area contributed by atoms with E-state index in [1.54, 1.807) is 18.3 Å². The second-order valence-electron chi connectivity index (χ2n) is 4.50. The number of hydrogen-bond acceptors (Lipinski definition) is 3. The minimum absolute atomic E-state index is 0.0418. The second kappa shape index (κ2) is 6.32. The predicted octanol–water partition coefficient (Wildman–Crippen LogP) is 4.16. The Bertz CT molecular complexity index is 541. The molecule has 0 aliphatic carbocycles. The van der Waals surface area contributed by atoms with E-state index < -0.39 is 6.61 Å². The highest BCUT2D eigenvalue weighted by Crippen LogP contribution is 2.22. The minimum atomic E-state index is -2.80. The molecule has 1 atom stereocenters. The van der Waals surface area contributed by atoms with Gasteiger partial charge in [0.1, 0.15) is 5.75 Å². The van der Waals surface area contributed by atoms with Crippen molar-refractivity contribution in [3.05, 3.63) is 53.9 Å². The van der Waals surface area contributed by atoms with Crippen LogP contribution in [0.15, 0.2) is 42.6 Å². The lowest BCUT2D eigenvalue weighted by Crippen LogP contribution is -2.07. The van der Waals surface area contributed by atoms with Gasteiger partial charge in [-0.15, -0.1) is 0 Å². The van der Waals surface area contributed by atoms with Crippen molar-refractivity contribution in [3.8, 4) is 5.75 Å². The van der Waals surface area contributed by atoms with Crippen molar-refractivity contribution < 1.29 is 13.5 Å².